The molecule has 0 aromatic heterocycles. The summed E-state index contributed by atoms with van der Waals surface area (Å²) in [5.74, 6) is 0. The minimum Gasteiger partial charge on any atom is -0.388 e. The Labute approximate surface area is 74.1 Å². The molecule has 1 nitrogen and oxygen atoms in total. The summed E-state index contributed by atoms with van der Waals surface area (Å²) in [6.45, 7) is 2.04. The van der Waals surface area contributed by atoms with Gasteiger partial charge in [0.25, 0.3) is 0 Å². The third-order valence-corrected chi connectivity index (χ3v) is 1.86. The van der Waals surface area contributed by atoms with Gasteiger partial charge in [-0.1, -0.05) is 30.4 Å². The maximum absolute atomic E-state index is 3.17. The van der Waals surface area contributed by atoms with Crippen LogP contribution in [0.1, 0.15) is 12.5 Å². The SMILES string of the molecule is C/C=C/Cc1ccccc1NC. The van der Waals surface area contributed by atoms with Gasteiger partial charge in [0.2, 0.25) is 0 Å². The number of hydrogen-bond acceptors (Lipinski definition) is 1. The number of benzene rings is 1. The monoisotopic (exact) mass is 161 g/mol. The molecule has 0 amide bonds. The molecule has 1 aromatic rings. The van der Waals surface area contributed by atoms with Crippen LogP contribution in [0, 0.1) is 0 Å². The average Bonchev–Trinajstić information content (AvgIpc) is 2.15. The van der Waals surface area contributed by atoms with E-state index in [1.807, 2.05) is 20.0 Å². The van der Waals surface area contributed by atoms with Crippen LogP contribution >= 0.6 is 0 Å². The molecule has 1 aromatic carbocycles. The van der Waals surface area contributed by atoms with Crippen LogP contribution < -0.4 is 5.32 Å². The van der Waals surface area contributed by atoms with Crippen LogP contribution in [0.25, 0.3) is 0 Å². The highest BCUT2D eigenvalue weighted by Crippen LogP contribution is 2.14. The molecule has 0 radical (unpaired) electrons. The second-order valence-electron chi connectivity index (χ2n) is 2.68. The van der Waals surface area contributed by atoms with Gasteiger partial charge in [0, 0.05) is 12.7 Å². The van der Waals surface area contributed by atoms with E-state index in [2.05, 4.69) is 35.7 Å². The lowest BCUT2D eigenvalue weighted by Gasteiger charge is -2.05. The van der Waals surface area contributed by atoms with Crippen LogP contribution in [-0.4, -0.2) is 7.05 Å². The first-order valence-electron chi connectivity index (χ1n) is 4.25. The predicted octanol–water partition coefficient (Wildman–Crippen LogP) is 2.85. The van der Waals surface area contributed by atoms with Crippen molar-refractivity contribution in [2.45, 2.75) is 13.3 Å². The fourth-order valence-corrected chi connectivity index (χ4v) is 1.19. The Morgan fingerprint density at radius 3 is 2.75 bits per heavy atom. The molecule has 0 aliphatic rings. The van der Waals surface area contributed by atoms with Gasteiger partial charge in [-0.25, -0.2) is 0 Å². The third kappa shape index (κ3) is 2.12. The van der Waals surface area contributed by atoms with Crippen molar-refractivity contribution < 1.29 is 0 Å². The highest BCUT2D eigenvalue weighted by molar-refractivity contribution is 5.51. The van der Waals surface area contributed by atoms with E-state index in [0.29, 0.717) is 0 Å². The van der Waals surface area contributed by atoms with E-state index in [-0.39, 0.29) is 0 Å². The lowest BCUT2D eigenvalue weighted by molar-refractivity contribution is 1.25. The largest absolute Gasteiger partial charge is 0.388 e. The summed E-state index contributed by atoms with van der Waals surface area (Å²) < 4.78 is 0. The van der Waals surface area contributed by atoms with Crippen molar-refractivity contribution in [1.29, 1.82) is 0 Å². The van der Waals surface area contributed by atoms with Crippen LogP contribution in [0.2, 0.25) is 0 Å². The molecule has 0 atom stereocenters. The first-order chi connectivity index (χ1) is 5.88. The van der Waals surface area contributed by atoms with Crippen molar-refractivity contribution in [3.05, 3.63) is 42.0 Å². The number of anilines is 1. The normalized spacial score (nSPS) is 10.5. The third-order valence-electron chi connectivity index (χ3n) is 1.86. The van der Waals surface area contributed by atoms with Crippen LogP contribution in [0.5, 0.6) is 0 Å². The fraction of sp³-hybridized carbons (Fsp3) is 0.273. The van der Waals surface area contributed by atoms with E-state index in [0.717, 1.165) is 6.42 Å². The van der Waals surface area contributed by atoms with Crippen LogP contribution in [0.3, 0.4) is 0 Å². The van der Waals surface area contributed by atoms with Gasteiger partial charge in [0.05, 0.1) is 0 Å². The average molecular weight is 161 g/mol. The molecule has 12 heavy (non-hydrogen) atoms. The highest BCUT2D eigenvalue weighted by atomic mass is 14.8. The minimum atomic E-state index is 1.01. The molecular formula is C11H15N. The summed E-state index contributed by atoms with van der Waals surface area (Å²) >= 11 is 0. The Kier molecular flexibility index (Phi) is 3.39. The molecule has 0 unspecified atom stereocenters. The van der Waals surface area contributed by atoms with Gasteiger partial charge < -0.3 is 5.32 Å². The van der Waals surface area contributed by atoms with E-state index in [9.17, 15) is 0 Å². The Morgan fingerprint density at radius 1 is 1.33 bits per heavy atom. The zero-order valence-corrected chi connectivity index (χ0v) is 7.67. The molecule has 64 valence electrons. The second-order valence-corrected chi connectivity index (χ2v) is 2.68. The van der Waals surface area contributed by atoms with Crippen molar-refractivity contribution in [3.63, 3.8) is 0 Å². The summed E-state index contributed by atoms with van der Waals surface area (Å²) in [6, 6.07) is 8.36. The minimum absolute atomic E-state index is 1.01. The van der Waals surface area contributed by atoms with E-state index >= 15 is 0 Å². The van der Waals surface area contributed by atoms with Gasteiger partial charge in [-0.15, -0.1) is 0 Å². The van der Waals surface area contributed by atoms with E-state index in [4.69, 9.17) is 0 Å². The molecule has 0 bridgehead atoms. The van der Waals surface area contributed by atoms with Gasteiger partial charge >= 0.3 is 0 Å². The zero-order valence-electron chi connectivity index (χ0n) is 7.67. The Balaban J connectivity index is 2.81. The molecule has 0 fully saturated rings. The van der Waals surface area contributed by atoms with Gasteiger partial charge in [-0.05, 0) is 25.0 Å². The van der Waals surface area contributed by atoms with E-state index < -0.39 is 0 Å². The number of rotatable bonds is 3. The smallest absolute Gasteiger partial charge is 0.0373 e. The number of para-hydroxylation sites is 1. The van der Waals surface area contributed by atoms with Gasteiger partial charge in [-0.2, -0.15) is 0 Å². The number of nitrogens with one attached hydrogen (secondary N) is 1. The molecule has 1 rings (SSSR count). The van der Waals surface area contributed by atoms with Gasteiger partial charge in [-0.3, -0.25) is 0 Å². The first-order valence-corrected chi connectivity index (χ1v) is 4.25. The molecule has 0 aliphatic heterocycles. The second kappa shape index (κ2) is 4.60. The highest BCUT2D eigenvalue weighted by Gasteiger charge is 1.95. The fourth-order valence-electron chi connectivity index (χ4n) is 1.19. The van der Waals surface area contributed by atoms with Crippen molar-refractivity contribution in [1.82, 2.24) is 0 Å². The molecule has 1 heteroatoms. The first kappa shape index (κ1) is 8.85. The van der Waals surface area contributed by atoms with E-state index in [1.165, 1.54) is 11.3 Å². The molecule has 0 saturated heterocycles. The summed E-state index contributed by atoms with van der Waals surface area (Å²) in [7, 11) is 1.95. The molecule has 0 saturated carbocycles. The summed E-state index contributed by atoms with van der Waals surface area (Å²) in [5, 5.41) is 3.17. The maximum atomic E-state index is 3.17. The van der Waals surface area contributed by atoms with Crippen molar-refractivity contribution in [3.8, 4) is 0 Å². The summed E-state index contributed by atoms with van der Waals surface area (Å²) in [4.78, 5) is 0. The lowest BCUT2D eigenvalue weighted by atomic mass is 10.1. The Morgan fingerprint density at radius 2 is 2.08 bits per heavy atom. The van der Waals surface area contributed by atoms with E-state index in [1.54, 1.807) is 0 Å². The van der Waals surface area contributed by atoms with Crippen molar-refractivity contribution in [2.75, 3.05) is 12.4 Å². The molecular weight excluding hydrogens is 146 g/mol. The molecule has 0 heterocycles. The maximum Gasteiger partial charge on any atom is 0.0373 e. The molecule has 1 N–H and O–H groups in total. The standard InChI is InChI=1S/C11H15N/c1-3-4-7-10-8-5-6-9-11(10)12-2/h3-6,8-9,12H,7H2,1-2H3/b4-3+. The predicted molar refractivity (Wildman–Crippen MR) is 54.5 cm³/mol. The lowest BCUT2D eigenvalue weighted by Crippen LogP contribution is -1.93. The quantitative estimate of drug-likeness (QED) is 0.672. The summed E-state index contributed by atoms with van der Waals surface area (Å²) in [6.07, 6.45) is 5.25. The topological polar surface area (TPSA) is 12.0 Å². The van der Waals surface area contributed by atoms with Gasteiger partial charge in [0.1, 0.15) is 0 Å². The molecule has 0 aliphatic carbocycles. The summed E-state index contributed by atoms with van der Waals surface area (Å²) in [5.41, 5.74) is 2.56. The van der Waals surface area contributed by atoms with Crippen LogP contribution in [0.4, 0.5) is 5.69 Å². The van der Waals surface area contributed by atoms with Gasteiger partial charge in [0.15, 0.2) is 0 Å². The molecule has 0 spiro atoms. The number of hydrogen-bond donors (Lipinski definition) is 1. The Hall–Kier alpha value is -1.24. The van der Waals surface area contributed by atoms with Crippen LogP contribution in [0.15, 0.2) is 36.4 Å². The van der Waals surface area contributed by atoms with Crippen molar-refractivity contribution >= 4 is 5.69 Å². The van der Waals surface area contributed by atoms with Crippen LogP contribution in [-0.2, 0) is 6.42 Å². The number of allylic oxidation sites excluding steroid dienone is 2. The Bertz CT molecular complexity index is 263. The van der Waals surface area contributed by atoms with Crippen molar-refractivity contribution in [2.24, 2.45) is 0 Å². The zero-order chi connectivity index (χ0) is 8.81.